The molecule has 20 heavy (non-hydrogen) atoms. The molecule has 0 aliphatic heterocycles. The van der Waals surface area contributed by atoms with Crippen LogP contribution < -0.4 is 4.72 Å². The Balaban J connectivity index is 2.19. The van der Waals surface area contributed by atoms with E-state index in [9.17, 15) is 18.5 Å². The number of halogens is 1. The quantitative estimate of drug-likeness (QED) is 0.606. The fourth-order valence-corrected chi connectivity index (χ4v) is 3.41. The number of nitro groups is 1. The Morgan fingerprint density at radius 1 is 1.45 bits per heavy atom. The van der Waals surface area contributed by atoms with Gasteiger partial charge in [0.2, 0.25) is 10.0 Å². The van der Waals surface area contributed by atoms with Crippen LogP contribution in [0.2, 0.25) is 5.02 Å². The number of nitro benzene ring substituents is 1. The number of hydrogen-bond acceptors (Lipinski definition) is 5. The van der Waals surface area contributed by atoms with Gasteiger partial charge in [-0.25, -0.2) is 13.1 Å². The van der Waals surface area contributed by atoms with E-state index in [0.717, 1.165) is 31.0 Å². The van der Waals surface area contributed by atoms with Crippen LogP contribution in [-0.4, -0.2) is 31.6 Å². The number of benzene rings is 1. The molecule has 0 amide bonds. The number of nitrogens with zero attached hydrogens (tertiary/aromatic N) is 1. The predicted octanol–water partition coefficient (Wildman–Crippen LogP) is 1.30. The summed E-state index contributed by atoms with van der Waals surface area (Å²) in [7, 11) is -3.85. The second kappa shape index (κ2) is 5.28. The van der Waals surface area contributed by atoms with Gasteiger partial charge in [0, 0.05) is 30.7 Å². The molecule has 1 aromatic carbocycles. The molecule has 0 aromatic heterocycles. The third-order valence-corrected chi connectivity index (χ3v) is 5.23. The van der Waals surface area contributed by atoms with E-state index in [1.54, 1.807) is 0 Å². The van der Waals surface area contributed by atoms with E-state index in [-0.39, 0.29) is 34.2 Å². The summed E-state index contributed by atoms with van der Waals surface area (Å²) in [6.45, 7) is 0.0443. The highest BCUT2D eigenvalue weighted by Crippen LogP contribution is 2.44. The molecule has 0 heterocycles. The number of non-ortho nitro benzene ring substituents is 1. The van der Waals surface area contributed by atoms with Crippen LogP contribution in [0.5, 0.6) is 0 Å². The summed E-state index contributed by atoms with van der Waals surface area (Å²) >= 11 is 5.78. The lowest BCUT2D eigenvalue weighted by Crippen LogP contribution is -2.32. The average molecular weight is 321 g/mol. The molecule has 7 nitrogen and oxygen atoms in total. The topological polar surface area (TPSA) is 110 Å². The summed E-state index contributed by atoms with van der Waals surface area (Å²) in [6.07, 6.45) is 1.53. The summed E-state index contributed by atoms with van der Waals surface area (Å²) in [5, 5.41) is 19.5. The molecule has 0 unspecified atom stereocenters. The lowest BCUT2D eigenvalue weighted by molar-refractivity contribution is -0.384. The van der Waals surface area contributed by atoms with E-state index >= 15 is 0 Å². The molecule has 110 valence electrons. The van der Waals surface area contributed by atoms with Gasteiger partial charge in [0.15, 0.2) is 0 Å². The molecule has 1 fully saturated rings. The first-order chi connectivity index (χ1) is 9.30. The average Bonchev–Trinajstić information content (AvgIpc) is 3.17. The minimum absolute atomic E-state index is 0.0798. The van der Waals surface area contributed by atoms with Gasteiger partial charge in [-0.15, -0.1) is 0 Å². The molecular formula is C11H13ClN2O5S. The first kappa shape index (κ1) is 15.2. The minimum atomic E-state index is -3.85. The van der Waals surface area contributed by atoms with Crippen LogP contribution in [0.25, 0.3) is 0 Å². The molecule has 0 saturated heterocycles. The van der Waals surface area contributed by atoms with Crippen molar-refractivity contribution in [2.45, 2.75) is 17.7 Å². The van der Waals surface area contributed by atoms with Gasteiger partial charge < -0.3 is 5.11 Å². The molecule has 2 rings (SSSR count). The number of aliphatic hydroxyl groups excluding tert-OH is 1. The summed E-state index contributed by atoms with van der Waals surface area (Å²) in [6, 6.07) is 3.18. The van der Waals surface area contributed by atoms with Crippen LogP contribution in [0, 0.1) is 15.5 Å². The fourth-order valence-electron chi connectivity index (χ4n) is 1.71. The Bertz CT molecular complexity index is 642. The molecule has 1 aliphatic carbocycles. The highest BCUT2D eigenvalue weighted by atomic mass is 35.5. The van der Waals surface area contributed by atoms with Crippen LogP contribution in [-0.2, 0) is 10.0 Å². The third kappa shape index (κ3) is 3.09. The minimum Gasteiger partial charge on any atom is -0.396 e. The maximum Gasteiger partial charge on any atom is 0.271 e. The normalized spacial score (nSPS) is 16.9. The highest BCUT2D eigenvalue weighted by Gasteiger charge is 2.42. The maximum atomic E-state index is 12.1. The van der Waals surface area contributed by atoms with E-state index in [1.165, 1.54) is 0 Å². The van der Waals surface area contributed by atoms with Gasteiger partial charge in [-0.3, -0.25) is 10.1 Å². The van der Waals surface area contributed by atoms with E-state index < -0.39 is 14.9 Å². The first-order valence-electron chi connectivity index (χ1n) is 5.84. The summed E-state index contributed by atoms with van der Waals surface area (Å²) < 4.78 is 26.5. The molecule has 9 heteroatoms. The second-order valence-electron chi connectivity index (χ2n) is 4.85. The molecule has 2 N–H and O–H groups in total. The Morgan fingerprint density at radius 3 is 2.55 bits per heavy atom. The van der Waals surface area contributed by atoms with E-state index in [1.807, 2.05) is 0 Å². The molecule has 1 aliphatic rings. The van der Waals surface area contributed by atoms with Gasteiger partial charge >= 0.3 is 0 Å². The lowest BCUT2D eigenvalue weighted by atomic mass is 10.1. The largest absolute Gasteiger partial charge is 0.396 e. The molecule has 1 saturated carbocycles. The SMILES string of the molecule is O=[N+]([O-])c1ccc(S(=O)(=O)NCC2(CO)CC2)c(Cl)c1. The van der Waals surface area contributed by atoms with E-state index in [4.69, 9.17) is 16.7 Å². The van der Waals surface area contributed by atoms with Crippen molar-refractivity contribution in [3.8, 4) is 0 Å². The van der Waals surface area contributed by atoms with Gasteiger partial charge in [-0.1, -0.05) is 11.6 Å². The third-order valence-electron chi connectivity index (χ3n) is 3.35. The van der Waals surface area contributed by atoms with Crippen LogP contribution in [0.4, 0.5) is 5.69 Å². The lowest BCUT2D eigenvalue weighted by Gasteiger charge is -2.13. The number of nitrogens with one attached hydrogen (secondary N) is 1. The van der Waals surface area contributed by atoms with Crippen LogP contribution in [0.3, 0.4) is 0 Å². The zero-order valence-corrected chi connectivity index (χ0v) is 11.9. The number of rotatable bonds is 6. The monoisotopic (exact) mass is 320 g/mol. The van der Waals surface area contributed by atoms with Gasteiger partial charge in [-0.05, 0) is 18.9 Å². The maximum absolute atomic E-state index is 12.1. The Morgan fingerprint density at radius 2 is 2.10 bits per heavy atom. The molecule has 1 aromatic rings. The van der Waals surface area contributed by atoms with E-state index in [2.05, 4.69) is 4.72 Å². The van der Waals surface area contributed by atoms with Gasteiger partial charge in [0.25, 0.3) is 5.69 Å². The standard InChI is InChI=1S/C11H13ClN2O5S/c12-9-5-8(14(16)17)1-2-10(9)20(18,19)13-6-11(7-15)3-4-11/h1-2,5,13,15H,3-4,6-7H2. The zero-order valence-electron chi connectivity index (χ0n) is 10.4. The van der Waals surface area contributed by atoms with E-state index in [0.29, 0.717) is 0 Å². The molecule has 0 radical (unpaired) electrons. The smallest absolute Gasteiger partial charge is 0.271 e. The first-order valence-corrected chi connectivity index (χ1v) is 7.70. The zero-order chi connectivity index (χ0) is 15.0. The van der Waals surface area contributed by atoms with Crippen molar-refractivity contribution in [3.05, 3.63) is 33.3 Å². The molecular weight excluding hydrogens is 308 g/mol. The highest BCUT2D eigenvalue weighted by molar-refractivity contribution is 7.89. The fraction of sp³-hybridized carbons (Fsp3) is 0.455. The Hall–Kier alpha value is -1.22. The Kier molecular flexibility index (Phi) is 4.01. The summed E-state index contributed by atoms with van der Waals surface area (Å²) in [5.41, 5.74) is -0.650. The summed E-state index contributed by atoms with van der Waals surface area (Å²) in [4.78, 5) is 9.71. The molecule has 0 spiro atoms. The second-order valence-corrected chi connectivity index (χ2v) is 7.00. The number of hydrogen-bond donors (Lipinski definition) is 2. The number of sulfonamides is 1. The van der Waals surface area contributed by atoms with Crippen molar-refractivity contribution >= 4 is 27.3 Å². The number of aliphatic hydroxyl groups is 1. The van der Waals surface area contributed by atoms with Gasteiger partial charge in [-0.2, -0.15) is 0 Å². The molecule has 0 bridgehead atoms. The van der Waals surface area contributed by atoms with Crippen molar-refractivity contribution in [1.29, 1.82) is 0 Å². The van der Waals surface area contributed by atoms with Gasteiger partial charge in [0.05, 0.1) is 9.95 Å². The van der Waals surface area contributed by atoms with Crippen LogP contribution in [0.1, 0.15) is 12.8 Å². The van der Waals surface area contributed by atoms with Gasteiger partial charge in [0.1, 0.15) is 4.90 Å². The predicted molar refractivity (Wildman–Crippen MR) is 72.0 cm³/mol. The van der Waals surface area contributed by atoms with Crippen molar-refractivity contribution in [3.63, 3.8) is 0 Å². The summed E-state index contributed by atoms with van der Waals surface area (Å²) in [5.74, 6) is 0. The van der Waals surface area contributed by atoms with Crippen molar-refractivity contribution in [2.75, 3.05) is 13.2 Å². The van der Waals surface area contributed by atoms with Crippen LogP contribution in [0.15, 0.2) is 23.1 Å². The van der Waals surface area contributed by atoms with Crippen LogP contribution >= 0.6 is 11.6 Å². The van der Waals surface area contributed by atoms with Crippen molar-refractivity contribution in [2.24, 2.45) is 5.41 Å². The Labute approximate surface area is 120 Å². The molecule has 0 atom stereocenters. The van der Waals surface area contributed by atoms with Crippen molar-refractivity contribution in [1.82, 2.24) is 4.72 Å². The van der Waals surface area contributed by atoms with Crippen molar-refractivity contribution < 1.29 is 18.4 Å².